The molecule has 0 aliphatic heterocycles. The van der Waals surface area contributed by atoms with Gasteiger partial charge < -0.3 is 9.97 Å². The van der Waals surface area contributed by atoms with Crippen LogP contribution in [0.4, 0.5) is 17.6 Å². The Labute approximate surface area is 126 Å². The number of hydrogen-bond acceptors (Lipinski definition) is 2. The molecule has 4 rings (SSSR count). The normalized spacial score (nSPS) is 11.7. The zero-order chi connectivity index (χ0) is 16.3. The van der Waals surface area contributed by atoms with Gasteiger partial charge in [-0.15, -0.1) is 0 Å². The van der Waals surface area contributed by atoms with Gasteiger partial charge in [-0.1, -0.05) is 0 Å². The van der Waals surface area contributed by atoms with Gasteiger partial charge in [-0.05, 0) is 19.1 Å². The highest BCUT2D eigenvalue weighted by atomic mass is 19.2. The number of aryl methyl sites for hydroxylation is 1. The Bertz CT molecular complexity index is 1040. The molecule has 0 aliphatic rings. The molecule has 2 N–H and O–H groups in total. The van der Waals surface area contributed by atoms with Crippen molar-refractivity contribution >= 4 is 22.1 Å². The van der Waals surface area contributed by atoms with E-state index in [2.05, 4.69) is 26.0 Å². The molecular formula is C15H7F4N4. The number of fused-ring (bicyclic) bond motifs is 2. The Morgan fingerprint density at radius 1 is 0.913 bits per heavy atom. The van der Waals surface area contributed by atoms with Crippen molar-refractivity contribution in [1.29, 1.82) is 0 Å². The van der Waals surface area contributed by atoms with Crippen LogP contribution in [0.2, 0.25) is 0 Å². The summed E-state index contributed by atoms with van der Waals surface area (Å²) in [6.45, 7) is 1.77. The lowest BCUT2D eigenvalue weighted by atomic mass is 10.2. The monoisotopic (exact) mass is 319 g/mol. The van der Waals surface area contributed by atoms with Crippen LogP contribution in [0.1, 0.15) is 5.82 Å². The summed E-state index contributed by atoms with van der Waals surface area (Å²) in [4.78, 5) is 13.5. The van der Waals surface area contributed by atoms with Gasteiger partial charge in [0.05, 0.1) is 11.0 Å². The van der Waals surface area contributed by atoms with Gasteiger partial charge in [0.15, 0.2) is 23.3 Å². The first-order valence-electron chi connectivity index (χ1n) is 6.56. The predicted octanol–water partition coefficient (Wildman–Crippen LogP) is 3.77. The molecular weight excluding hydrogens is 312 g/mol. The smallest absolute Gasteiger partial charge is 0.199 e. The van der Waals surface area contributed by atoms with E-state index in [1.54, 1.807) is 19.1 Å². The second-order valence-corrected chi connectivity index (χ2v) is 5.02. The zero-order valence-corrected chi connectivity index (χ0v) is 11.6. The first-order chi connectivity index (χ1) is 11.0. The summed E-state index contributed by atoms with van der Waals surface area (Å²) >= 11 is 0. The summed E-state index contributed by atoms with van der Waals surface area (Å²) in [6, 6.07) is 6.22. The third-order valence-corrected chi connectivity index (χ3v) is 3.48. The van der Waals surface area contributed by atoms with Crippen molar-refractivity contribution in [3.63, 3.8) is 0 Å². The van der Waals surface area contributed by atoms with Gasteiger partial charge in [-0.3, -0.25) is 0 Å². The topological polar surface area (TPSA) is 57.4 Å². The Kier molecular flexibility index (Phi) is 2.72. The fourth-order valence-electron chi connectivity index (χ4n) is 2.42. The number of H-pyrrole nitrogens is 2. The number of nitrogens with zero attached hydrogens (tertiary/aromatic N) is 2. The second-order valence-electron chi connectivity index (χ2n) is 5.02. The van der Waals surface area contributed by atoms with Crippen LogP contribution in [0.5, 0.6) is 0 Å². The van der Waals surface area contributed by atoms with Crippen molar-refractivity contribution in [2.24, 2.45) is 0 Å². The van der Waals surface area contributed by atoms with Gasteiger partial charge in [0, 0.05) is 11.6 Å². The highest BCUT2D eigenvalue weighted by Gasteiger charge is 2.23. The van der Waals surface area contributed by atoms with Gasteiger partial charge in [0.1, 0.15) is 22.7 Å². The molecule has 1 radical (unpaired) electrons. The minimum Gasteiger partial charge on any atom is -0.342 e. The average molecular weight is 319 g/mol. The maximum atomic E-state index is 13.7. The van der Waals surface area contributed by atoms with E-state index in [1.165, 1.54) is 0 Å². The Balaban J connectivity index is 1.97. The molecule has 0 unspecified atom stereocenters. The van der Waals surface area contributed by atoms with E-state index in [0.717, 1.165) is 5.52 Å². The first kappa shape index (κ1) is 13.7. The van der Waals surface area contributed by atoms with E-state index in [0.29, 0.717) is 16.9 Å². The largest absolute Gasteiger partial charge is 0.342 e. The number of benzene rings is 2. The van der Waals surface area contributed by atoms with Gasteiger partial charge >= 0.3 is 0 Å². The Morgan fingerprint density at radius 3 is 2.43 bits per heavy atom. The molecule has 0 fully saturated rings. The number of imidazole rings is 2. The Hall–Kier alpha value is -2.90. The van der Waals surface area contributed by atoms with Crippen molar-refractivity contribution in [3.8, 4) is 11.4 Å². The highest BCUT2D eigenvalue weighted by Crippen LogP contribution is 2.28. The quantitative estimate of drug-likeness (QED) is 0.319. The lowest BCUT2D eigenvalue weighted by Crippen LogP contribution is -1.97. The number of aromatic nitrogens is 4. The first-order valence-corrected chi connectivity index (χ1v) is 6.56. The molecule has 4 aromatic rings. The van der Waals surface area contributed by atoms with Crippen molar-refractivity contribution in [2.75, 3.05) is 0 Å². The van der Waals surface area contributed by atoms with Crippen LogP contribution >= 0.6 is 0 Å². The van der Waals surface area contributed by atoms with Crippen LogP contribution in [0.15, 0.2) is 12.1 Å². The van der Waals surface area contributed by atoms with Crippen LogP contribution in [-0.4, -0.2) is 19.9 Å². The molecule has 4 nitrogen and oxygen atoms in total. The van der Waals surface area contributed by atoms with E-state index in [1.807, 2.05) is 0 Å². The molecule has 0 amide bonds. The summed E-state index contributed by atoms with van der Waals surface area (Å²) in [6.07, 6.45) is 0. The summed E-state index contributed by atoms with van der Waals surface area (Å²) in [5.41, 5.74) is 0.460. The highest BCUT2D eigenvalue weighted by molar-refractivity contribution is 5.84. The number of nitrogens with one attached hydrogen (secondary N) is 2. The van der Waals surface area contributed by atoms with Gasteiger partial charge in [-0.2, -0.15) is 0 Å². The van der Waals surface area contributed by atoms with Crippen molar-refractivity contribution < 1.29 is 17.6 Å². The summed E-state index contributed by atoms with van der Waals surface area (Å²) in [5, 5.41) is 0. The van der Waals surface area contributed by atoms with E-state index in [9.17, 15) is 17.6 Å². The van der Waals surface area contributed by atoms with Gasteiger partial charge in [0.2, 0.25) is 0 Å². The second kappa shape index (κ2) is 4.55. The maximum Gasteiger partial charge on any atom is 0.199 e. The van der Waals surface area contributed by atoms with Crippen molar-refractivity contribution in [3.05, 3.63) is 47.3 Å². The summed E-state index contributed by atoms with van der Waals surface area (Å²) in [5.74, 6) is -6.13. The molecule has 23 heavy (non-hydrogen) atoms. The van der Waals surface area contributed by atoms with Gasteiger partial charge in [0.25, 0.3) is 0 Å². The molecule has 0 bridgehead atoms. The molecule has 2 heterocycles. The number of halogens is 4. The fourth-order valence-corrected chi connectivity index (χ4v) is 2.42. The third-order valence-electron chi connectivity index (χ3n) is 3.48. The molecule has 8 heteroatoms. The lowest BCUT2D eigenvalue weighted by Gasteiger charge is -1.97. The molecule has 0 aliphatic carbocycles. The van der Waals surface area contributed by atoms with Crippen molar-refractivity contribution in [1.82, 2.24) is 19.9 Å². The van der Waals surface area contributed by atoms with Crippen LogP contribution in [0.25, 0.3) is 33.5 Å². The van der Waals surface area contributed by atoms with E-state index < -0.39 is 34.3 Å². The van der Waals surface area contributed by atoms with Crippen LogP contribution in [0.3, 0.4) is 0 Å². The summed E-state index contributed by atoms with van der Waals surface area (Å²) < 4.78 is 54.0. The minimum atomic E-state index is -1.89. The molecule has 0 spiro atoms. The predicted molar refractivity (Wildman–Crippen MR) is 74.6 cm³/mol. The average Bonchev–Trinajstić information content (AvgIpc) is 3.12. The summed E-state index contributed by atoms with van der Waals surface area (Å²) in [7, 11) is 0. The van der Waals surface area contributed by atoms with E-state index >= 15 is 0 Å². The molecule has 115 valence electrons. The number of aromatic amines is 2. The fraction of sp³-hybridized carbons (Fsp3) is 0.0667. The Morgan fingerprint density at radius 2 is 1.65 bits per heavy atom. The standard InChI is InChI=1S/C15H7F4N4/c1-5-20-7-3-2-6(4-8(7)21-5)15-22-13-11(18)9(16)10(17)12(19)14(13)23-15/h2-3H,1H3,(H,20,21)(H,22,23). The zero-order valence-electron chi connectivity index (χ0n) is 11.6. The molecule has 0 saturated carbocycles. The SMILES string of the molecule is Cc1nc2[c]c(-c3nc4c(F)c(F)c(F)c(F)c4[nH]3)ccc2[nH]1. The minimum absolute atomic E-state index is 0.0327. The molecule has 2 aromatic carbocycles. The van der Waals surface area contributed by atoms with Crippen LogP contribution < -0.4 is 0 Å². The van der Waals surface area contributed by atoms with Crippen molar-refractivity contribution in [2.45, 2.75) is 6.92 Å². The third kappa shape index (κ3) is 1.91. The van der Waals surface area contributed by atoms with Crippen LogP contribution in [-0.2, 0) is 0 Å². The van der Waals surface area contributed by atoms with E-state index in [4.69, 9.17) is 0 Å². The molecule has 2 aromatic heterocycles. The molecule has 0 atom stereocenters. The lowest BCUT2D eigenvalue weighted by molar-refractivity contribution is 0.417. The van der Waals surface area contributed by atoms with Gasteiger partial charge in [-0.25, -0.2) is 27.5 Å². The van der Waals surface area contributed by atoms with Crippen LogP contribution in [0, 0.1) is 36.3 Å². The number of hydrogen-bond donors (Lipinski definition) is 2. The number of rotatable bonds is 1. The van der Waals surface area contributed by atoms with E-state index in [-0.39, 0.29) is 5.82 Å². The maximum absolute atomic E-state index is 13.7. The molecule has 0 saturated heterocycles.